The molecule has 1 aromatic carbocycles. The van der Waals surface area contributed by atoms with E-state index in [1.165, 1.54) is 22.3 Å². The minimum Gasteiger partial charge on any atom is -0.394 e. The number of aryl methyl sites for hydroxylation is 1. The molecule has 1 aromatic rings. The van der Waals surface area contributed by atoms with E-state index in [0.29, 0.717) is 6.42 Å². The van der Waals surface area contributed by atoms with Crippen LogP contribution in [0.25, 0.3) is 5.57 Å². The summed E-state index contributed by atoms with van der Waals surface area (Å²) in [5.41, 5.74) is 10.2. The molecule has 0 saturated heterocycles. The third-order valence-corrected chi connectivity index (χ3v) is 4.38. The summed E-state index contributed by atoms with van der Waals surface area (Å²) in [6.07, 6.45) is 12.0. The van der Waals surface area contributed by atoms with Crippen molar-refractivity contribution in [3.05, 3.63) is 65.3 Å². The number of allylic oxidation sites excluding steroid dienone is 6. The number of nitrogens with two attached hydrogens (primary N) is 1. The van der Waals surface area contributed by atoms with Gasteiger partial charge in [-0.05, 0) is 43.7 Å². The van der Waals surface area contributed by atoms with E-state index < -0.39 is 5.54 Å². The maximum Gasteiger partial charge on any atom is 0.0633 e. The van der Waals surface area contributed by atoms with Crippen molar-refractivity contribution in [2.75, 3.05) is 13.2 Å². The molecule has 0 aromatic heterocycles. The predicted molar refractivity (Wildman–Crippen MR) is 95.9 cm³/mol. The molecule has 0 spiro atoms. The van der Waals surface area contributed by atoms with Crippen molar-refractivity contribution in [3.8, 4) is 0 Å². The van der Waals surface area contributed by atoms with Crippen LogP contribution in [0.15, 0.2) is 54.1 Å². The zero-order chi connectivity index (χ0) is 16.7. The maximum absolute atomic E-state index is 9.23. The van der Waals surface area contributed by atoms with E-state index in [0.717, 1.165) is 19.3 Å². The number of rotatable bonds is 7. The zero-order valence-electron chi connectivity index (χ0n) is 13.8. The standard InChI is InChI=1S/C20H27NO2/c1-16-7-10-19(11-8-16)18-6-2-4-17(9-12-18)5-3-13-20(21,14-22)15-23/h2,4,6-8,10-12,22-23H,3,5,9,13-15,21H2,1H3. The molecule has 0 heterocycles. The smallest absolute Gasteiger partial charge is 0.0633 e. The largest absolute Gasteiger partial charge is 0.394 e. The van der Waals surface area contributed by atoms with Crippen molar-refractivity contribution in [3.63, 3.8) is 0 Å². The molecule has 4 N–H and O–H groups in total. The Hall–Kier alpha value is -1.68. The quantitative estimate of drug-likeness (QED) is 0.724. The Morgan fingerprint density at radius 2 is 1.83 bits per heavy atom. The first-order valence-corrected chi connectivity index (χ1v) is 8.20. The van der Waals surface area contributed by atoms with Gasteiger partial charge >= 0.3 is 0 Å². The number of hydrogen-bond donors (Lipinski definition) is 3. The van der Waals surface area contributed by atoms with E-state index >= 15 is 0 Å². The minimum absolute atomic E-state index is 0.181. The molecule has 0 fully saturated rings. The predicted octanol–water partition coefficient (Wildman–Crippen LogP) is 3.12. The summed E-state index contributed by atoms with van der Waals surface area (Å²) in [7, 11) is 0. The van der Waals surface area contributed by atoms with E-state index in [2.05, 4.69) is 55.5 Å². The molecule has 0 saturated carbocycles. The van der Waals surface area contributed by atoms with Gasteiger partial charge in [-0.25, -0.2) is 0 Å². The van der Waals surface area contributed by atoms with Gasteiger partial charge in [0, 0.05) is 0 Å². The Balaban J connectivity index is 1.92. The Morgan fingerprint density at radius 3 is 2.48 bits per heavy atom. The lowest BCUT2D eigenvalue weighted by molar-refractivity contribution is 0.113. The van der Waals surface area contributed by atoms with Gasteiger partial charge in [0.1, 0.15) is 0 Å². The van der Waals surface area contributed by atoms with E-state index in [4.69, 9.17) is 5.73 Å². The molecule has 1 aliphatic rings. The first-order valence-electron chi connectivity index (χ1n) is 8.20. The monoisotopic (exact) mass is 313 g/mol. The molecule has 0 radical (unpaired) electrons. The van der Waals surface area contributed by atoms with E-state index in [1.807, 2.05) is 0 Å². The fourth-order valence-electron chi connectivity index (χ4n) is 2.69. The fraction of sp³-hybridized carbons (Fsp3) is 0.400. The Bertz CT molecular complexity index is 593. The van der Waals surface area contributed by atoms with Crippen LogP contribution in [0.2, 0.25) is 0 Å². The van der Waals surface area contributed by atoms with Gasteiger partial charge in [-0.3, -0.25) is 0 Å². The summed E-state index contributed by atoms with van der Waals surface area (Å²) in [6.45, 7) is 1.73. The SMILES string of the molecule is Cc1ccc(C2=CCC(CCCC(N)(CO)CO)=CC=C2)cc1. The topological polar surface area (TPSA) is 66.5 Å². The highest BCUT2D eigenvalue weighted by atomic mass is 16.3. The van der Waals surface area contributed by atoms with E-state index in [1.54, 1.807) is 0 Å². The molecular formula is C20H27NO2. The second-order valence-electron chi connectivity index (χ2n) is 6.45. The van der Waals surface area contributed by atoms with Gasteiger partial charge in [0.15, 0.2) is 0 Å². The van der Waals surface area contributed by atoms with Crippen molar-refractivity contribution >= 4 is 5.57 Å². The van der Waals surface area contributed by atoms with Gasteiger partial charge < -0.3 is 15.9 Å². The van der Waals surface area contributed by atoms with Gasteiger partial charge in [0.25, 0.3) is 0 Å². The first-order chi connectivity index (χ1) is 11.1. The summed E-state index contributed by atoms with van der Waals surface area (Å²) < 4.78 is 0. The van der Waals surface area contributed by atoms with Gasteiger partial charge in [-0.2, -0.15) is 0 Å². The van der Waals surface area contributed by atoms with Gasteiger partial charge in [0.05, 0.1) is 18.8 Å². The van der Waals surface area contributed by atoms with Crippen LogP contribution < -0.4 is 5.73 Å². The molecule has 0 unspecified atom stereocenters. The normalized spacial score (nSPS) is 15.1. The van der Waals surface area contributed by atoms with Crippen LogP contribution in [-0.2, 0) is 0 Å². The van der Waals surface area contributed by atoms with Gasteiger partial charge in [-0.1, -0.05) is 59.7 Å². The summed E-state index contributed by atoms with van der Waals surface area (Å²) in [6, 6.07) is 8.57. The van der Waals surface area contributed by atoms with Crippen molar-refractivity contribution < 1.29 is 10.2 Å². The summed E-state index contributed by atoms with van der Waals surface area (Å²) in [5.74, 6) is 0. The molecular weight excluding hydrogens is 286 g/mol. The highest BCUT2D eigenvalue weighted by Crippen LogP contribution is 2.24. The minimum atomic E-state index is -0.857. The number of aliphatic hydroxyl groups is 2. The van der Waals surface area contributed by atoms with Crippen LogP contribution >= 0.6 is 0 Å². The van der Waals surface area contributed by atoms with Crippen LogP contribution in [0, 0.1) is 6.92 Å². The molecule has 3 heteroatoms. The lowest BCUT2D eigenvalue weighted by Crippen LogP contribution is -2.47. The first kappa shape index (κ1) is 17.7. The second kappa shape index (κ2) is 8.25. The van der Waals surface area contributed by atoms with Crippen LogP contribution in [0.5, 0.6) is 0 Å². The van der Waals surface area contributed by atoms with Gasteiger partial charge in [-0.15, -0.1) is 0 Å². The second-order valence-corrected chi connectivity index (χ2v) is 6.45. The molecule has 0 aliphatic heterocycles. The fourth-order valence-corrected chi connectivity index (χ4v) is 2.69. The van der Waals surface area contributed by atoms with Crippen LogP contribution in [0.3, 0.4) is 0 Å². The highest BCUT2D eigenvalue weighted by molar-refractivity contribution is 5.75. The number of hydrogen-bond acceptors (Lipinski definition) is 3. The summed E-state index contributed by atoms with van der Waals surface area (Å²) in [4.78, 5) is 0. The molecule has 0 amide bonds. The Morgan fingerprint density at radius 1 is 1.13 bits per heavy atom. The lowest BCUT2D eigenvalue weighted by atomic mass is 9.93. The highest BCUT2D eigenvalue weighted by Gasteiger charge is 2.22. The van der Waals surface area contributed by atoms with Gasteiger partial charge in [0.2, 0.25) is 0 Å². The van der Waals surface area contributed by atoms with Crippen LogP contribution in [0.1, 0.15) is 36.8 Å². The molecule has 124 valence electrons. The maximum atomic E-state index is 9.23. The molecule has 23 heavy (non-hydrogen) atoms. The Kier molecular flexibility index (Phi) is 6.34. The third-order valence-electron chi connectivity index (χ3n) is 4.38. The molecule has 0 atom stereocenters. The Labute approximate surface area is 138 Å². The van der Waals surface area contributed by atoms with E-state index in [9.17, 15) is 10.2 Å². The van der Waals surface area contributed by atoms with Crippen molar-refractivity contribution in [1.29, 1.82) is 0 Å². The molecule has 2 rings (SSSR count). The van der Waals surface area contributed by atoms with Crippen molar-refractivity contribution in [1.82, 2.24) is 0 Å². The van der Waals surface area contributed by atoms with E-state index in [-0.39, 0.29) is 13.2 Å². The average molecular weight is 313 g/mol. The summed E-state index contributed by atoms with van der Waals surface area (Å²) >= 11 is 0. The summed E-state index contributed by atoms with van der Waals surface area (Å²) in [5, 5.41) is 18.5. The third kappa shape index (κ3) is 5.17. The van der Waals surface area contributed by atoms with Crippen LogP contribution in [0.4, 0.5) is 0 Å². The number of aliphatic hydroxyl groups excluding tert-OH is 2. The zero-order valence-corrected chi connectivity index (χ0v) is 13.8. The van der Waals surface area contributed by atoms with Crippen molar-refractivity contribution in [2.24, 2.45) is 5.73 Å². The lowest BCUT2D eigenvalue weighted by Gasteiger charge is -2.24. The number of benzene rings is 1. The van der Waals surface area contributed by atoms with Crippen molar-refractivity contribution in [2.45, 2.75) is 38.1 Å². The molecule has 0 bridgehead atoms. The average Bonchev–Trinajstić information content (AvgIpc) is 2.81. The molecule has 3 nitrogen and oxygen atoms in total. The van der Waals surface area contributed by atoms with Crippen LogP contribution in [-0.4, -0.2) is 29.0 Å². The molecule has 1 aliphatic carbocycles.